The van der Waals surface area contributed by atoms with E-state index in [1.807, 2.05) is 6.07 Å². The zero-order valence-electron chi connectivity index (χ0n) is 17.8. The summed E-state index contributed by atoms with van der Waals surface area (Å²) >= 11 is 0. The summed E-state index contributed by atoms with van der Waals surface area (Å²) in [7, 11) is 2.07. The van der Waals surface area contributed by atoms with Crippen LogP contribution in [0.15, 0.2) is 73.4 Å². The molecule has 1 saturated heterocycles. The zero-order chi connectivity index (χ0) is 21.5. The summed E-state index contributed by atoms with van der Waals surface area (Å²) < 4.78 is 2.15. The maximum Gasteiger partial charge on any atom is 0.225 e. The minimum atomic E-state index is 0.316. The fraction of sp³-hybridized carbons (Fsp3) is 0.200. The van der Waals surface area contributed by atoms with Crippen LogP contribution in [-0.4, -0.2) is 43.6 Å². The Morgan fingerprint density at radius 3 is 2.72 bits per heavy atom. The molecule has 158 valence electrons. The van der Waals surface area contributed by atoms with Crippen LogP contribution in [0.25, 0.3) is 33.1 Å². The molecule has 1 N–H and O–H groups in total. The normalized spacial score (nSPS) is 16.2. The Balaban J connectivity index is 1.35. The van der Waals surface area contributed by atoms with Crippen molar-refractivity contribution in [3.63, 3.8) is 0 Å². The number of fused-ring (bicyclic) bond motifs is 2. The number of rotatable bonds is 4. The number of nitrogens with one attached hydrogen (secondary N) is 1. The first-order valence-electron chi connectivity index (χ1n) is 10.8. The third-order valence-corrected chi connectivity index (χ3v) is 6.17. The van der Waals surface area contributed by atoms with Gasteiger partial charge in [0, 0.05) is 73.9 Å². The van der Waals surface area contributed by atoms with E-state index in [1.54, 1.807) is 24.8 Å². The fourth-order valence-electron chi connectivity index (χ4n) is 4.56. The van der Waals surface area contributed by atoms with Gasteiger partial charge < -0.3 is 14.8 Å². The molecule has 32 heavy (non-hydrogen) atoms. The average molecular weight is 422 g/mol. The highest BCUT2D eigenvalue weighted by Crippen LogP contribution is 2.33. The van der Waals surface area contributed by atoms with Gasteiger partial charge in [-0.25, -0.2) is 9.97 Å². The molecule has 6 rings (SSSR count). The zero-order valence-corrected chi connectivity index (χ0v) is 17.8. The molecule has 1 atom stereocenters. The van der Waals surface area contributed by atoms with Crippen molar-refractivity contribution >= 4 is 33.6 Å². The van der Waals surface area contributed by atoms with Crippen LogP contribution < -0.4 is 10.2 Å². The van der Waals surface area contributed by atoms with Gasteiger partial charge in [0.15, 0.2) is 0 Å². The van der Waals surface area contributed by atoms with Crippen molar-refractivity contribution in [2.24, 2.45) is 7.05 Å². The largest absolute Gasteiger partial charge is 0.380 e. The number of anilines is 2. The molecule has 5 aromatic rings. The van der Waals surface area contributed by atoms with E-state index in [0.717, 1.165) is 53.3 Å². The van der Waals surface area contributed by atoms with Gasteiger partial charge in [-0.1, -0.05) is 12.1 Å². The first-order valence-corrected chi connectivity index (χ1v) is 10.8. The molecule has 3 aromatic heterocycles. The van der Waals surface area contributed by atoms with Gasteiger partial charge in [0.05, 0.1) is 11.0 Å². The van der Waals surface area contributed by atoms with Crippen LogP contribution >= 0.6 is 0 Å². The van der Waals surface area contributed by atoms with Crippen LogP contribution in [0.3, 0.4) is 0 Å². The van der Waals surface area contributed by atoms with Crippen LogP contribution in [0.1, 0.15) is 6.42 Å². The monoisotopic (exact) mass is 421 g/mol. The smallest absolute Gasteiger partial charge is 0.225 e. The van der Waals surface area contributed by atoms with Gasteiger partial charge in [-0.15, -0.1) is 0 Å². The minimum Gasteiger partial charge on any atom is -0.380 e. The summed E-state index contributed by atoms with van der Waals surface area (Å²) in [5.74, 6) is 0.790. The Morgan fingerprint density at radius 2 is 1.81 bits per heavy atom. The molecule has 0 bridgehead atoms. The molecule has 0 saturated carbocycles. The Labute approximate surface area is 185 Å². The van der Waals surface area contributed by atoms with E-state index in [9.17, 15) is 0 Å². The molecule has 0 unspecified atom stereocenters. The van der Waals surface area contributed by atoms with Crippen molar-refractivity contribution in [2.75, 3.05) is 23.3 Å². The first kappa shape index (κ1) is 18.7. The van der Waals surface area contributed by atoms with E-state index in [4.69, 9.17) is 0 Å². The van der Waals surface area contributed by atoms with Crippen molar-refractivity contribution in [2.45, 2.75) is 12.5 Å². The Kier molecular flexibility index (Phi) is 4.45. The summed E-state index contributed by atoms with van der Waals surface area (Å²) in [6.07, 6.45) is 10.2. The molecule has 1 fully saturated rings. The summed E-state index contributed by atoms with van der Waals surface area (Å²) in [5, 5.41) is 4.95. The highest BCUT2D eigenvalue weighted by atomic mass is 15.3. The Morgan fingerprint density at radius 1 is 0.938 bits per heavy atom. The number of benzene rings is 2. The molecule has 0 amide bonds. The molecule has 1 aliphatic rings. The van der Waals surface area contributed by atoms with E-state index in [2.05, 4.69) is 84.4 Å². The summed E-state index contributed by atoms with van der Waals surface area (Å²) in [5.41, 5.74) is 6.28. The van der Waals surface area contributed by atoms with E-state index in [0.29, 0.717) is 6.04 Å². The van der Waals surface area contributed by atoms with Crippen LogP contribution in [0.2, 0.25) is 0 Å². The molecule has 7 heteroatoms. The second-order valence-corrected chi connectivity index (χ2v) is 8.27. The van der Waals surface area contributed by atoms with Gasteiger partial charge >= 0.3 is 0 Å². The third-order valence-electron chi connectivity index (χ3n) is 6.17. The van der Waals surface area contributed by atoms with Gasteiger partial charge in [0.2, 0.25) is 5.95 Å². The number of aryl methyl sites for hydroxylation is 1. The highest BCUT2D eigenvalue weighted by molar-refractivity contribution is 5.97. The first-order chi connectivity index (χ1) is 15.7. The van der Waals surface area contributed by atoms with Gasteiger partial charge in [-0.3, -0.25) is 9.97 Å². The number of hydrogen-bond acceptors (Lipinski definition) is 6. The topological polar surface area (TPSA) is 71.8 Å². The van der Waals surface area contributed by atoms with E-state index < -0.39 is 0 Å². The maximum absolute atomic E-state index is 4.65. The lowest BCUT2D eigenvalue weighted by atomic mass is 10.0. The second-order valence-electron chi connectivity index (χ2n) is 8.27. The molecule has 4 heterocycles. The van der Waals surface area contributed by atoms with E-state index >= 15 is 0 Å². The van der Waals surface area contributed by atoms with Crippen LogP contribution in [0.5, 0.6) is 0 Å². The predicted octanol–water partition coefficient (Wildman–Crippen LogP) is 4.27. The molecule has 7 nitrogen and oxygen atoms in total. The standard InChI is InChI=1S/C25H23N7/c1-31-11-5-17-3-4-18(13-23(17)31)21-14-20(15-22-24(21)27-10-9-26-22)30-19-6-12-32(16-19)25-28-7-2-8-29-25/h2-5,7-11,13-15,19,30H,6,12,16H2,1H3/t19-/m0/s1. The molecule has 0 aliphatic carbocycles. The van der Waals surface area contributed by atoms with Crippen molar-refractivity contribution in [3.05, 3.63) is 73.4 Å². The predicted molar refractivity (Wildman–Crippen MR) is 128 cm³/mol. The lowest BCUT2D eigenvalue weighted by Gasteiger charge is -2.18. The summed E-state index contributed by atoms with van der Waals surface area (Å²) in [6, 6.07) is 15.2. The van der Waals surface area contributed by atoms with E-state index in [-0.39, 0.29) is 0 Å². The highest BCUT2D eigenvalue weighted by Gasteiger charge is 2.24. The van der Waals surface area contributed by atoms with Gasteiger partial charge in [-0.05, 0) is 47.7 Å². The number of hydrogen-bond donors (Lipinski definition) is 1. The van der Waals surface area contributed by atoms with Crippen molar-refractivity contribution in [1.82, 2.24) is 24.5 Å². The Bertz CT molecular complexity index is 1410. The summed E-state index contributed by atoms with van der Waals surface area (Å²) in [6.45, 7) is 1.80. The molecule has 1 aliphatic heterocycles. The number of nitrogens with zero attached hydrogens (tertiary/aromatic N) is 6. The lowest BCUT2D eigenvalue weighted by molar-refractivity contribution is 0.804. The molecular weight excluding hydrogens is 398 g/mol. The summed E-state index contributed by atoms with van der Waals surface area (Å²) in [4.78, 5) is 20.3. The van der Waals surface area contributed by atoms with Crippen molar-refractivity contribution < 1.29 is 0 Å². The second kappa shape index (κ2) is 7.60. The molecular formula is C25H23N7. The van der Waals surface area contributed by atoms with Crippen LogP contribution in [0.4, 0.5) is 11.6 Å². The van der Waals surface area contributed by atoms with E-state index in [1.165, 1.54) is 10.9 Å². The van der Waals surface area contributed by atoms with Crippen molar-refractivity contribution in [3.8, 4) is 11.1 Å². The number of aromatic nitrogens is 5. The molecule has 0 radical (unpaired) electrons. The van der Waals surface area contributed by atoms with Crippen LogP contribution in [0, 0.1) is 0 Å². The fourth-order valence-corrected chi connectivity index (χ4v) is 4.56. The Hall–Kier alpha value is -4.00. The maximum atomic E-state index is 4.65. The third kappa shape index (κ3) is 3.32. The SMILES string of the molecule is Cn1ccc2ccc(-c3cc(N[C@H]4CCN(c5ncccn5)C4)cc4nccnc34)cc21. The lowest BCUT2D eigenvalue weighted by Crippen LogP contribution is -2.27. The minimum absolute atomic E-state index is 0.316. The van der Waals surface area contributed by atoms with Gasteiger partial charge in [0.25, 0.3) is 0 Å². The molecule has 0 spiro atoms. The quantitative estimate of drug-likeness (QED) is 0.467. The molecule has 2 aromatic carbocycles. The van der Waals surface area contributed by atoms with Crippen LogP contribution in [-0.2, 0) is 7.05 Å². The average Bonchev–Trinajstić information content (AvgIpc) is 3.46. The van der Waals surface area contributed by atoms with Crippen molar-refractivity contribution in [1.29, 1.82) is 0 Å². The van der Waals surface area contributed by atoms with Gasteiger partial charge in [-0.2, -0.15) is 0 Å². The van der Waals surface area contributed by atoms with Gasteiger partial charge in [0.1, 0.15) is 0 Å².